The van der Waals surface area contributed by atoms with Gasteiger partial charge in [-0.1, -0.05) is 38.4 Å². The Morgan fingerprint density at radius 1 is 1.00 bits per heavy atom. The van der Waals surface area contributed by atoms with Crippen LogP contribution < -0.4 is 10.5 Å². The lowest BCUT2D eigenvalue weighted by atomic mass is 10.2. The fourth-order valence-electron chi connectivity index (χ4n) is 1.80. The van der Waals surface area contributed by atoms with Crippen LogP contribution in [0.3, 0.4) is 0 Å². The molecule has 0 unspecified atom stereocenters. The lowest BCUT2D eigenvalue weighted by Gasteiger charge is -2.07. The lowest BCUT2D eigenvalue weighted by Crippen LogP contribution is -2.09. The Kier molecular flexibility index (Phi) is 9.00. The molecule has 4 heteroatoms. The van der Waals surface area contributed by atoms with Crippen LogP contribution in [0.25, 0.3) is 0 Å². The molecule has 3 nitrogen and oxygen atoms in total. The van der Waals surface area contributed by atoms with Gasteiger partial charge in [0.05, 0.1) is 6.61 Å². The second kappa shape index (κ2) is 10.6. The van der Waals surface area contributed by atoms with E-state index in [4.69, 9.17) is 27.4 Å². The van der Waals surface area contributed by atoms with E-state index in [1.54, 1.807) is 0 Å². The number of unbranched alkanes of at least 4 members (excludes halogenated alkanes) is 3. The Labute approximate surface area is 127 Å². The number of nitrogens with two attached hydrogens (primary N) is 1. The van der Waals surface area contributed by atoms with E-state index in [1.165, 1.54) is 19.3 Å². The minimum absolute atomic E-state index is 0.410. The van der Waals surface area contributed by atoms with Crippen molar-refractivity contribution < 1.29 is 9.47 Å². The van der Waals surface area contributed by atoms with Gasteiger partial charge < -0.3 is 15.2 Å². The molecule has 0 heterocycles. The number of hydrogen-bond acceptors (Lipinski definition) is 3. The molecule has 1 rings (SSSR count). The molecule has 0 aromatic heterocycles. The summed E-state index contributed by atoms with van der Waals surface area (Å²) in [6.07, 6.45) is 5.90. The number of benzene rings is 1. The third-order valence-corrected chi connectivity index (χ3v) is 3.22. The molecule has 1 aromatic rings. The highest BCUT2D eigenvalue weighted by atomic mass is 32.1. The van der Waals surface area contributed by atoms with E-state index in [1.807, 2.05) is 24.3 Å². The first-order chi connectivity index (χ1) is 9.74. The average Bonchev–Trinajstić information content (AvgIpc) is 2.46. The number of hydrogen-bond donors (Lipinski definition) is 1. The summed E-state index contributed by atoms with van der Waals surface area (Å²) >= 11 is 4.90. The second-order valence-corrected chi connectivity index (χ2v) is 5.20. The van der Waals surface area contributed by atoms with Gasteiger partial charge in [0.15, 0.2) is 0 Å². The first kappa shape index (κ1) is 16.9. The van der Waals surface area contributed by atoms with Gasteiger partial charge in [-0.05, 0) is 30.7 Å². The molecule has 0 fully saturated rings. The van der Waals surface area contributed by atoms with Gasteiger partial charge in [-0.15, -0.1) is 0 Å². The topological polar surface area (TPSA) is 44.5 Å². The standard InChI is InChI=1S/C16H25NO2S/c1-2-3-4-5-11-18-12-6-13-19-15-9-7-14(8-10-15)16(17)20/h7-10H,2-6,11-13H2,1H3,(H2,17,20). The highest BCUT2D eigenvalue weighted by Crippen LogP contribution is 2.12. The molecule has 0 aliphatic heterocycles. The maximum atomic E-state index is 5.62. The zero-order chi connectivity index (χ0) is 14.6. The van der Waals surface area contributed by atoms with Crippen molar-refractivity contribution in [1.82, 2.24) is 0 Å². The summed E-state index contributed by atoms with van der Waals surface area (Å²) in [4.78, 5) is 0.410. The zero-order valence-electron chi connectivity index (χ0n) is 12.3. The van der Waals surface area contributed by atoms with Crippen molar-refractivity contribution in [3.05, 3.63) is 29.8 Å². The summed E-state index contributed by atoms with van der Waals surface area (Å²) in [6.45, 7) is 4.51. The molecular formula is C16H25NO2S. The van der Waals surface area contributed by atoms with Gasteiger partial charge in [0.1, 0.15) is 10.7 Å². The maximum Gasteiger partial charge on any atom is 0.119 e. The third kappa shape index (κ3) is 7.46. The third-order valence-electron chi connectivity index (χ3n) is 2.98. The van der Waals surface area contributed by atoms with E-state index < -0.39 is 0 Å². The Hall–Kier alpha value is -1.13. The van der Waals surface area contributed by atoms with Gasteiger partial charge in [-0.3, -0.25) is 0 Å². The van der Waals surface area contributed by atoms with Gasteiger partial charge in [-0.2, -0.15) is 0 Å². The molecule has 0 saturated carbocycles. The Morgan fingerprint density at radius 2 is 1.70 bits per heavy atom. The largest absolute Gasteiger partial charge is 0.494 e. The molecule has 2 N–H and O–H groups in total. The Morgan fingerprint density at radius 3 is 2.35 bits per heavy atom. The van der Waals surface area contributed by atoms with Crippen LogP contribution in [0.15, 0.2) is 24.3 Å². The van der Waals surface area contributed by atoms with E-state index in [9.17, 15) is 0 Å². The van der Waals surface area contributed by atoms with Crippen molar-refractivity contribution in [1.29, 1.82) is 0 Å². The minimum atomic E-state index is 0.410. The summed E-state index contributed by atoms with van der Waals surface area (Å²) in [5.74, 6) is 0.841. The number of thiocarbonyl (C=S) groups is 1. The molecule has 0 atom stereocenters. The smallest absolute Gasteiger partial charge is 0.119 e. The van der Waals surface area contributed by atoms with Crippen LogP contribution in [-0.2, 0) is 4.74 Å². The van der Waals surface area contributed by atoms with Crippen LogP contribution in [0.2, 0.25) is 0 Å². The fraction of sp³-hybridized carbons (Fsp3) is 0.562. The van der Waals surface area contributed by atoms with Crippen LogP contribution in [-0.4, -0.2) is 24.8 Å². The highest BCUT2D eigenvalue weighted by molar-refractivity contribution is 7.80. The fourth-order valence-corrected chi connectivity index (χ4v) is 1.94. The molecule has 0 spiro atoms. The van der Waals surface area contributed by atoms with Gasteiger partial charge in [0.2, 0.25) is 0 Å². The zero-order valence-corrected chi connectivity index (χ0v) is 13.1. The molecular weight excluding hydrogens is 270 g/mol. The van der Waals surface area contributed by atoms with E-state index in [-0.39, 0.29) is 0 Å². The van der Waals surface area contributed by atoms with Gasteiger partial charge in [0, 0.05) is 25.2 Å². The van der Waals surface area contributed by atoms with E-state index in [0.29, 0.717) is 11.6 Å². The summed E-state index contributed by atoms with van der Waals surface area (Å²) in [6, 6.07) is 7.53. The molecule has 0 bridgehead atoms. The summed E-state index contributed by atoms with van der Waals surface area (Å²) in [7, 11) is 0. The van der Waals surface area contributed by atoms with Gasteiger partial charge in [0.25, 0.3) is 0 Å². The predicted octanol–water partition coefficient (Wildman–Crippen LogP) is 3.69. The molecule has 0 aliphatic carbocycles. The van der Waals surface area contributed by atoms with Crippen molar-refractivity contribution in [2.75, 3.05) is 19.8 Å². The first-order valence-corrected chi connectivity index (χ1v) is 7.75. The van der Waals surface area contributed by atoms with Crippen molar-refractivity contribution >= 4 is 17.2 Å². The van der Waals surface area contributed by atoms with Crippen LogP contribution in [0.1, 0.15) is 44.6 Å². The molecule has 0 radical (unpaired) electrons. The summed E-state index contributed by atoms with van der Waals surface area (Å²) < 4.78 is 11.2. The monoisotopic (exact) mass is 295 g/mol. The van der Waals surface area contributed by atoms with Crippen molar-refractivity contribution in [2.45, 2.75) is 39.0 Å². The normalized spacial score (nSPS) is 10.4. The molecule has 20 heavy (non-hydrogen) atoms. The molecule has 112 valence electrons. The quantitative estimate of drug-likeness (QED) is 0.499. The molecule has 0 aliphatic rings. The Balaban J connectivity index is 2.02. The van der Waals surface area contributed by atoms with Crippen molar-refractivity contribution in [3.63, 3.8) is 0 Å². The maximum absolute atomic E-state index is 5.62. The van der Waals surface area contributed by atoms with Gasteiger partial charge in [-0.25, -0.2) is 0 Å². The molecule has 0 saturated heterocycles. The Bertz CT molecular complexity index is 379. The van der Waals surface area contributed by atoms with E-state index >= 15 is 0 Å². The van der Waals surface area contributed by atoms with Crippen LogP contribution in [0.5, 0.6) is 5.75 Å². The van der Waals surface area contributed by atoms with Crippen LogP contribution in [0.4, 0.5) is 0 Å². The first-order valence-electron chi connectivity index (χ1n) is 7.34. The molecule has 0 amide bonds. The predicted molar refractivity (Wildman–Crippen MR) is 87.4 cm³/mol. The SMILES string of the molecule is CCCCCCOCCCOc1ccc(C(N)=S)cc1. The van der Waals surface area contributed by atoms with Gasteiger partial charge >= 0.3 is 0 Å². The lowest BCUT2D eigenvalue weighted by molar-refractivity contribution is 0.116. The minimum Gasteiger partial charge on any atom is -0.494 e. The number of rotatable bonds is 11. The van der Waals surface area contributed by atoms with Crippen LogP contribution in [0, 0.1) is 0 Å². The summed E-state index contributed by atoms with van der Waals surface area (Å²) in [5.41, 5.74) is 6.40. The van der Waals surface area contributed by atoms with Crippen molar-refractivity contribution in [3.8, 4) is 5.75 Å². The summed E-state index contributed by atoms with van der Waals surface area (Å²) in [5, 5.41) is 0. The second-order valence-electron chi connectivity index (χ2n) is 4.76. The van der Waals surface area contributed by atoms with E-state index in [0.717, 1.165) is 37.4 Å². The van der Waals surface area contributed by atoms with Crippen LogP contribution >= 0.6 is 12.2 Å². The number of ether oxygens (including phenoxy) is 2. The molecule has 1 aromatic carbocycles. The van der Waals surface area contributed by atoms with Crippen molar-refractivity contribution in [2.24, 2.45) is 5.73 Å². The average molecular weight is 295 g/mol. The highest BCUT2D eigenvalue weighted by Gasteiger charge is 1.97. The van der Waals surface area contributed by atoms with E-state index in [2.05, 4.69) is 6.92 Å².